The second-order valence-corrected chi connectivity index (χ2v) is 9.17. The summed E-state index contributed by atoms with van der Waals surface area (Å²) < 4.78 is 17.1. The number of nitrogens with zero attached hydrogens (tertiary/aromatic N) is 4. The number of nitro groups is 1. The SMILES string of the molecule is CN1CCN(c2cc3c(cc2F)c(=O)c(C(=O)C=Cc2ccc([N+](=O)[O-])cc2)cn3C2CC2)CC1. The van der Waals surface area contributed by atoms with Gasteiger partial charge in [0, 0.05) is 55.9 Å². The molecule has 1 aliphatic heterocycles. The third kappa shape index (κ3) is 4.59. The lowest BCUT2D eigenvalue weighted by molar-refractivity contribution is -0.384. The van der Waals surface area contributed by atoms with Gasteiger partial charge in [-0.1, -0.05) is 6.08 Å². The van der Waals surface area contributed by atoms with Crippen LogP contribution in [0.25, 0.3) is 17.0 Å². The molecule has 0 bridgehead atoms. The van der Waals surface area contributed by atoms with Gasteiger partial charge in [-0.25, -0.2) is 4.39 Å². The van der Waals surface area contributed by atoms with Gasteiger partial charge in [0.15, 0.2) is 5.78 Å². The fourth-order valence-corrected chi connectivity index (χ4v) is 4.45. The van der Waals surface area contributed by atoms with Gasteiger partial charge in [-0.2, -0.15) is 0 Å². The minimum atomic E-state index is -0.501. The summed E-state index contributed by atoms with van der Waals surface area (Å²) in [5, 5.41) is 11.0. The second kappa shape index (κ2) is 9.07. The maximum Gasteiger partial charge on any atom is 0.269 e. The van der Waals surface area contributed by atoms with E-state index in [1.807, 2.05) is 16.5 Å². The Hall–Kier alpha value is -3.85. The molecule has 1 aromatic heterocycles. The molecule has 0 N–H and O–H groups in total. The molecule has 1 saturated carbocycles. The molecule has 35 heavy (non-hydrogen) atoms. The minimum Gasteiger partial charge on any atom is -0.367 e. The predicted octanol–water partition coefficient (Wildman–Crippen LogP) is 4.03. The average Bonchev–Trinajstić information content (AvgIpc) is 3.69. The Labute approximate surface area is 201 Å². The summed E-state index contributed by atoms with van der Waals surface area (Å²) in [5.41, 5.74) is 1.15. The molecule has 1 aliphatic carbocycles. The van der Waals surface area contributed by atoms with Crippen LogP contribution in [0.15, 0.2) is 53.5 Å². The zero-order chi connectivity index (χ0) is 24.7. The van der Waals surface area contributed by atoms with Crippen LogP contribution in [0.2, 0.25) is 0 Å². The summed E-state index contributed by atoms with van der Waals surface area (Å²) in [6.45, 7) is 3.08. The van der Waals surface area contributed by atoms with Crippen LogP contribution in [0, 0.1) is 15.9 Å². The van der Waals surface area contributed by atoms with Crippen LogP contribution >= 0.6 is 0 Å². The van der Waals surface area contributed by atoms with E-state index in [0.29, 0.717) is 29.9 Å². The van der Waals surface area contributed by atoms with E-state index in [-0.39, 0.29) is 22.7 Å². The molecule has 2 aliphatic rings. The predicted molar refractivity (Wildman–Crippen MR) is 133 cm³/mol. The molecule has 9 heteroatoms. The van der Waals surface area contributed by atoms with Gasteiger partial charge in [0.05, 0.1) is 21.7 Å². The van der Waals surface area contributed by atoms with Gasteiger partial charge >= 0.3 is 0 Å². The number of pyridine rings is 1. The lowest BCUT2D eigenvalue weighted by Gasteiger charge is -2.34. The molecule has 2 aromatic carbocycles. The van der Waals surface area contributed by atoms with Crippen molar-refractivity contribution in [2.75, 3.05) is 38.1 Å². The topological polar surface area (TPSA) is 88.7 Å². The number of hydrogen-bond donors (Lipinski definition) is 0. The van der Waals surface area contributed by atoms with Gasteiger partial charge in [-0.05, 0) is 55.8 Å². The standard InChI is InChI=1S/C26H25FN4O4/c1-28-10-12-29(13-11-28)24-15-23-20(14-22(24)27)26(33)21(16-30(23)18-7-8-18)25(32)9-4-17-2-5-19(6-3-17)31(34)35/h2-6,9,14-16,18H,7-8,10-13H2,1H3. The Morgan fingerprint density at radius 2 is 1.80 bits per heavy atom. The molecule has 0 unspecified atom stereocenters. The first-order valence-corrected chi connectivity index (χ1v) is 11.6. The molecule has 3 aromatic rings. The van der Waals surface area contributed by atoms with Crippen molar-refractivity contribution >= 4 is 34.1 Å². The first kappa shape index (κ1) is 22.9. The zero-order valence-corrected chi connectivity index (χ0v) is 19.3. The third-order valence-corrected chi connectivity index (χ3v) is 6.68. The summed E-state index contributed by atoms with van der Waals surface area (Å²) in [6.07, 6.45) is 6.25. The van der Waals surface area contributed by atoms with E-state index in [0.717, 1.165) is 25.9 Å². The molecular weight excluding hydrogens is 451 g/mol. The van der Waals surface area contributed by atoms with Gasteiger partial charge in [-0.3, -0.25) is 19.7 Å². The highest BCUT2D eigenvalue weighted by atomic mass is 19.1. The molecule has 2 fully saturated rings. The van der Waals surface area contributed by atoms with E-state index in [1.54, 1.807) is 12.3 Å². The van der Waals surface area contributed by atoms with Crippen molar-refractivity contribution in [2.24, 2.45) is 0 Å². The van der Waals surface area contributed by atoms with E-state index >= 15 is 4.39 Å². The summed E-state index contributed by atoms with van der Waals surface area (Å²) >= 11 is 0. The second-order valence-electron chi connectivity index (χ2n) is 9.17. The van der Waals surface area contributed by atoms with Crippen molar-refractivity contribution in [1.29, 1.82) is 0 Å². The highest BCUT2D eigenvalue weighted by Crippen LogP contribution is 2.38. The van der Waals surface area contributed by atoms with E-state index in [4.69, 9.17) is 0 Å². The number of benzene rings is 2. The van der Waals surface area contributed by atoms with Crippen LogP contribution in [0.4, 0.5) is 15.8 Å². The van der Waals surface area contributed by atoms with Crippen molar-refractivity contribution < 1.29 is 14.1 Å². The summed E-state index contributed by atoms with van der Waals surface area (Å²) in [7, 11) is 2.04. The molecule has 0 spiro atoms. The zero-order valence-electron chi connectivity index (χ0n) is 19.3. The summed E-state index contributed by atoms with van der Waals surface area (Å²) in [5.74, 6) is -0.958. The average molecular weight is 477 g/mol. The number of hydrogen-bond acceptors (Lipinski definition) is 6. The van der Waals surface area contributed by atoms with E-state index in [2.05, 4.69) is 4.90 Å². The van der Waals surface area contributed by atoms with Crippen molar-refractivity contribution in [1.82, 2.24) is 9.47 Å². The number of anilines is 1. The highest BCUT2D eigenvalue weighted by Gasteiger charge is 2.28. The highest BCUT2D eigenvalue weighted by molar-refractivity contribution is 6.08. The number of halogens is 1. The van der Waals surface area contributed by atoms with Crippen LogP contribution in [-0.4, -0.2) is 53.4 Å². The number of likely N-dealkylation sites (N-methyl/N-ethyl adjacent to an activating group) is 1. The summed E-state index contributed by atoms with van der Waals surface area (Å²) in [4.78, 5) is 40.7. The Balaban J connectivity index is 1.51. The number of fused-ring (bicyclic) bond motifs is 1. The third-order valence-electron chi connectivity index (χ3n) is 6.68. The fraction of sp³-hybridized carbons (Fsp3) is 0.308. The van der Waals surface area contributed by atoms with Gasteiger partial charge in [-0.15, -0.1) is 0 Å². The molecule has 2 heterocycles. The lowest BCUT2D eigenvalue weighted by Crippen LogP contribution is -2.44. The van der Waals surface area contributed by atoms with E-state index < -0.39 is 22.0 Å². The quantitative estimate of drug-likeness (QED) is 0.231. The number of rotatable bonds is 6. The number of allylic oxidation sites excluding steroid dienone is 1. The molecule has 180 valence electrons. The Morgan fingerprint density at radius 3 is 2.43 bits per heavy atom. The number of carbonyl (C=O) groups is 1. The van der Waals surface area contributed by atoms with Gasteiger partial charge in [0.1, 0.15) is 5.82 Å². The first-order chi connectivity index (χ1) is 16.8. The summed E-state index contributed by atoms with van der Waals surface area (Å²) in [6, 6.07) is 8.94. The first-order valence-electron chi connectivity index (χ1n) is 11.6. The van der Waals surface area contributed by atoms with Gasteiger partial charge in [0.25, 0.3) is 5.69 Å². The van der Waals surface area contributed by atoms with Gasteiger partial charge < -0.3 is 14.4 Å². The molecule has 0 radical (unpaired) electrons. The maximum atomic E-state index is 15.2. The number of ketones is 1. The molecule has 0 amide bonds. The van der Waals surface area contributed by atoms with Crippen LogP contribution in [0.5, 0.6) is 0 Å². The number of piperazine rings is 1. The van der Waals surface area contributed by atoms with Crippen molar-refractivity contribution in [2.45, 2.75) is 18.9 Å². The number of carbonyl (C=O) groups excluding carboxylic acids is 1. The van der Waals surface area contributed by atoms with Crippen LogP contribution in [-0.2, 0) is 0 Å². The molecule has 8 nitrogen and oxygen atoms in total. The van der Waals surface area contributed by atoms with Crippen LogP contribution in [0.1, 0.15) is 34.8 Å². The van der Waals surface area contributed by atoms with Crippen molar-refractivity contribution in [3.63, 3.8) is 0 Å². The molecule has 5 rings (SSSR count). The van der Waals surface area contributed by atoms with Crippen LogP contribution in [0.3, 0.4) is 0 Å². The number of aromatic nitrogens is 1. The minimum absolute atomic E-state index is 0.0192. The smallest absolute Gasteiger partial charge is 0.269 e. The number of non-ortho nitro benzene ring substituents is 1. The molecule has 0 atom stereocenters. The maximum absolute atomic E-state index is 15.2. The largest absolute Gasteiger partial charge is 0.367 e. The monoisotopic (exact) mass is 476 g/mol. The lowest BCUT2D eigenvalue weighted by atomic mass is 10.1. The normalized spacial score (nSPS) is 16.8. The number of nitro benzene ring substituents is 1. The Bertz CT molecular complexity index is 1400. The van der Waals surface area contributed by atoms with E-state index in [9.17, 15) is 19.7 Å². The van der Waals surface area contributed by atoms with Crippen LogP contribution < -0.4 is 10.3 Å². The molecule has 1 saturated heterocycles. The van der Waals surface area contributed by atoms with Gasteiger partial charge in [0.2, 0.25) is 5.43 Å². The Morgan fingerprint density at radius 1 is 1.11 bits per heavy atom. The van der Waals surface area contributed by atoms with Crippen molar-refractivity contribution in [3.05, 3.63) is 86.0 Å². The fourth-order valence-electron chi connectivity index (χ4n) is 4.45. The molecular formula is C26H25FN4O4. The van der Waals surface area contributed by atoms with Crippen molar-refractivity contribution in [3.8, 4) is 0 Å². The Kier molecular flexibility index (Phi) is 5.94. The van der Waals surface area contributed by atoms with E-state index in [1.165, 1.54) is 42.5 Å².